The van der Waals surface area contributed by atoms with Crippen molar-refractivity contribution in [3.8, 4) is 0 Å². The van der Waals surface area contributed by atoms with Crippen LogP contribution in [0.1, 0.15) is 25.3 Å². The molecule has 1 aromatic rings. The summed E-state index contributed by atoms with van der Waals surface area (Å²) in [7, 11) is 0. The largest absolute Gasteiger partial charge is 0.423 e. The summed E-state index contributed by atoms with van der Waals surface area (Å²) in [4.78, 5) is 12.9. The molecular formula is C10H12F3N3O. The van der Waals surface area contributed by atoms with E-state index >= 15 is 0 Å². The lowest BCUT2D eigenvalue weighted by atomic mass is 10.2. The normalized spacial score (nSPS) is 20.9. The molecule has 1 aliphatic rings. The van der Waals surface area contributed by atoms with Crippen LogP contribution in [0, 0.1) is 0 Å². The number of H-pyrrole nitrogens is 1. The third kappa shape index (κ3) is 2.13. The molecule has 1 fully saturated rings. The average molecular weight is 247 g/mol. The quantitative estimate of drug-likeness (QED) is 0.822. The van der Waals surface area contributed by atoms with Crippen LogP contribution in [0.4, 0.5) is 18.9 Å². The van der Waals surface area contributed by atoms with Gasteiger partial charge in [0.1, 0.15) is 5.56 Å². The first-order valence-corrected chi connectivity index (χ1v) is 5.33. The first-order valence-electron chi connectivity index (χ1n) is 5.33. The molecule has 0 radical (unpaired) electrons. The van der Waals surface area contributed by atoms with Crippen LogP contribution in [0.15, 0.2) is 11.0 Å². The number of aromatic nitrogens is 2. The highest BCUT2D eigenvalue weighted by Gasteiger charge is 2.39. The zero-order valence-corrected chi connectivity index (χ0v) is 9.21. The maximum Gasteiger partial charge on any atom is 0.423 e. The molecule has 1 saturated heterocycles. The van der Waals surface area contributed by atoms with Gasteiger partial charge in [0.15, 0.2) is 0 Å². The van der Waals surface area contributed by atoms with E-state index in [1.54, 1.807) is 4.90 Å². The van der Waals surface area contributed by atoms with Crippen molar-refractivity contribution in [2.45, 2.75) is 32.0 Å². The predicted molar refractivity (Wildman–Crippen MR) is 55.9 cm³/mol. The highest BCUT2D eigenvalue weighted by atomic mass is 19.4. The molecule has 0 amide bonds. The number of hydrogen-bond donors (Lipinski definition) is 1. The number of hydrogen-bond acceptors (Lipinski definition) is 3. The Morgan fingerprint density at radius 2 is 2.24 bits per heavy atom. The lowest BCUT2D eigenvalue weighted by Gasteiger charge is -2.25. The standard InChI is InChI=1S/C10H12F3N3O/c1-6-3-2-4-16(6)7-5-14-15-9(17)8(7)10(11,12)13/h5-6H,2-4H2,1H3,(H,15,17). The van der Waals surface area contributed by atoms with Crippen LogP contribution in [0.2, 0.25) is 0 Å². The molecule has 0 spiro atoms. The minimum absolute atomic E-state index is 0.000278. The van der Waals surface area contributed by atoms with E-state index in [4.69, 9.17) is 0 Å². The fourth-order valence-electron chi connectivity index (χ4n) is 2.17. The molecule has 0 aliphatic carbocycles. The maximum atomic E-state index is 12.8. The number of nitrogens with zero attached hydrogens (tertiary/aromatic N) is 2. The van der Waals surface area contributed by atoms with E-state index < -0.39 is 17.3 Å². The molecule has 2 rings (SSSR count). The van der Waals surface area contributed by atoms with Gasteiger partial charge in [-0.3, -0.25) is 4.79 Å². The van der Waals surface area contributed by atoms with Crippen LogP contribution in [0.3, 0.4) is 0 Å². The SMILES string of the molecule is CC1CCCN1c1cn[nH]c(=O)c1C(F)(F)F. The summed E-state index contributed by atoms with van der Waals surface area (Å²) in [5.41, 5.74) is -2.46. The van der Waals surface area contributed by atoms with Crippen LogP contribution >= 0.6 is 0 Å². The topological polar surface area (TPSA) is 49.0 Å². The second kappa shape index (κ2) is 4.05. The Morgan fingerprint density at radius 1 is 1.53 bits per heavy atom. The second-order valence-corrected chi connectivity index (χ2v) is 4.14. The van der Waals surface area contributed by atoms with Gasteiger partial charge in [-0.05, 0) is 19.8 Å². The molecule has 1 aromatic heterocycles. The van der Waals surface area contributed by atoms with E-state index in [0.717, 1.165) is 19.0 Å². The van der Waals surface area contributed by atoms with Crippen LogP contribution in [-0.2, 0) is 6.18 Å². The van der Waals surface area contributed by atoms with E-state index in [0.29, 0.717) is 6.54 Å². The molecule has 7 heteroatoms. The van der Waals surface area contributed by atoms with Gasteiger partial charge in [-0.2, -0.15) is 18.3 Å². The van der Waals surface area contributed by atoms with E-state index in [1.165, 1.54) is 0 Å². The van der Waals surface area contributed by atoms with Crippen molar-refractivity contribution in [2.24, 2.45) is 0 Å². The number of nitrogens with one attached hydrogen (secondary N) is 1. The average Bonchev–Trinajstić information content (AvgIpc) is 2.62. The van der Waals surface area contributed by atoms with E-state index in [1.807, 2.05) is 12.0 Å². The first-order chi connectivity index (χ1) is 7.91. The molecule has 17 heavy (non-hydrogen) atoms. The Balaban J connectivity index is 2.54. The molecule has 1 unspecified atom stereocenters. The van der Waals surface area contributed by atoms with Gasteiger partial charge in [0.05, 0.1) is 11.9 Å². The van der Waals surface area contributed by atoms with Crippen molar-refractivity contribution in [3.63, 3.8) is 0 Å². The number of aromatic amines is 1. The summed E-state index contributed by atoms with van der Waals surface area (Å²) < 4.78 is 38.4. The van der Waals surface area contributed by atoms with Crippen molar-refractivity contribution < 1.29 is 13.2 Å². The van der Waals surface area contributed by atoms with Gasteiger partial charge in [-0.1, -0.05) is 0 Å². The molecule has 0 bridgehead atoms. The minimum atomic E-state index is -4.66. The van der Waals surface area contributed by atoms with Crippen molar-refractivity contribution in [2.75, 3.05) is 11.4 Å². The number of rotatable bonds is 1. The van der Waals surface area contributed by atoms with E-state index in [-0.39, 0.29) is 11.7 Å². The summed E-state index contributed by atoms with van der Waals surface area (Å²) in [6, 6.07) is -0.000278. The molecule has 0 aromatic carbocycles. The van der Waals surface area contributed by atoms with Gasteiger partial charge in [-0.15, -0.1) is 0 Å². The Hall–Kier alpha value is -1.53. The Labute approximate surface area is 95.4 Å². The number of anilines is 1. The van der Waals surface area contributed by atoms with Crippen molar-refractivity contribution in [3.05, 3.63) is 22.1 Å². The van der Waals surface area contributed by atoms with Crippen LogP contribution in [-0.4, -0.2) is 22.8 Å². The summed E-state index contributed by atoms with van der Waals surface area (Å²) >= 11 is 0. The van der Waals surface area contributed by atoms with Crippen molar-refractivity contribution in [1.29, 1.82) is 0 Å². The molecule has 1 N–H and O–H groups in total. The van der Waals surface area contributed by atoms with Crippen molar-refractivity contribution in [1.82, 2.24) is 10.2 Å². The summed E-state index contributed by atoms with van der Waals surface area (Å²) in [5, 5.41) is 5.29. The Bertz CT molecular complexity index is 469. The summed E-state index contributed by atoms with van der Waals surface area (Å²) in [6.45, 7) is 2.36. The zero-order chi connectivity index (χ0) is 12.6. The molecule has 1 aliphatic heterocycles. The highest BCUT2D eigenvalue weighted by molar-refractivity contribution is 5.53. The summed E-state index contributed by atoms with van der Waals surface area (Å²) in [5.74, 6) is 0. The van der Waals surface area contributed by atoms with Gasteiger partial charge in [-0.25, -0.2) is 5.10 Å². The van der Waals surface area contributed by atoms with E-state index in [9.17, 15) is 18.0 Å². The lowest BCUT2D eigenvalue weighted by Crippen LogP contribution is -2.33. The van der Waals surface area contributed by atoms with Crippen LogP contribution < -0.4 is 10.5 Å². The minimum Gasteiger partial charge on any atom is -0.367 e. The summed E-state index contributed by atoms with van der Waals surface area (Å²) in [6.07, 6.45) is -1.93. The van der Waals surface area contributed by atoms with E-state index in [2.05, 4.69) is 5.10 Å². The van der Waals surface area contributed by atoms with Crippen LogP contribution in [0.5, 0.6) is 0 Å². The predicted octanol–water partition coefficient (Wildman–Crippen LogP) is 1.78. The molecular weight excluding hydrogens is 235 g/mol. The third-order valence-electron chi connectivity index (χ3n) is 2.98. The fraction of sp³-hybridized carbons (Fsp3) is 0.600. The first kappa shape index (κ1) is 11.9. The highest BCUT2D eigenvalue weighted by Crippen LogP contribution is 2.35. The molecule has 1 atom stereocenters. The zero-order valence-electron chi connectivity index (χ0n) is 9.21. The number of alkyl halides is 3. The molecule has 4 nitrogen and oxygen atoms in total. The molecule has 0 saturated carbocycles. The van der Waals surface area contributed by atoms with Gasteiger partial charge < -0.3 is 4.90 Å². The second-order valence-electron chi connectivity index (χ2n) is 4.14. The van der Waals surface area contributed by atoms with Crippen molar-refractivity contribution >= 4 is 5.69 Å². The smallest absolute Gasteiger partial charge is 0.367 e. The third-order valence-corrected chi connectivity index (χ3v) is 2.98. The maximum absolute atomic E-state index is 12.8. The van der Waals surface area contributed by atoms with Crippen LogP contribution in [0.25, 0.3) is 0 Å². The fourth-order valence-corrected chi connectivity index (χ4v) is 2.17. The Morgan fingerprint density at radius 3 is 2.76 bits per heavy atom. The monoisotopic (exact) mass is 247 g/mol. The number of halogens is 3. The lowest BCUT2D eigenvalue weighted by molar-refractivity contribution is -0.138. The Kier molecular flexibility index (Phi) is 2.84. The molecule has 2 heterocycles. The molecule has 94 valence electrons. The van der Waals surface area contributed by atoms with Gasteiger partial charge in [0.25, 0.3) is 5.56 Å². The van der Waals surface area contributed by atoms with Gasteiger partial charge >= 0.3 is 6.18 Å². The van der Waals surface area contributed by atoms with Gasteiger partial charge in [0, 0.05) is 12.6 Å². The van der Waals surface area contributed by atoms with Gasteiger partial charge in [0.2, 0.25) is 0 Å².